The van der Waals surface area contributed by atoms with Crippen molar-refractivity contribution in [1.82, 2.24) is 10.3 Å². The molecule has 0 aliphatic heterocycles. The van der Waals surface area contributed by atoms with Gasteiger partial charge in [0.15, 0.2) is 11.6 Å². The van der Waals surface area contributed by atoms with Crippen LogP contribution >= 0.6 is 0 Å². The van der Waals surface area contributed by atoms with Crippen molar-refractivity contribution < 1.29 is 22.5 Å². The molecule has 0 spiro atoms. The van der Waals surface area contributed by atoms with Crippen molar-refractivity contribution in [3.63, 3.8) is 0 Å². The summed E-state index contributed by atoms with van der Waals surface area (Å²) in [5, 5.41) is 3.52. The van der Waals surface area contributed by atoms with Gasteiger partial charge in [0.2, 0.25) is 0 Å². The maximum absolute atomic E-state index is 13.8. The van der Waals surface area contributed by atoms with Crippen molar-refractivity contribution >= 4 is 15.6 Å². The molecule has 10 heteroatoms. The Morgan fingerprint density at radius 3 is 2.90 bits per heavy atom. The van der Waals surface area contributed by atoms with E-state index in [1.54, 1.807) is 0 Å². The molecule has 2 aromatic rings. The molecular formula is C20H21F2N3O4S. The van der Waals surface area contributed by atoms with Crippen LogP contribution in [0.25, 0.3) is 0 Å². The van der Waals surface area contributed by atoms with E-state index in [0.29, 0.717) is 24.1 Å². The van der Waals surface area contributed by atoms with E-state index in [1.807, 2.05) is 0 Å². The molecule has 3 N–H and O–H groups in total. The average molecular weight is 437 g/mol. The second-order valence-corrected chi connectivity index (χ2v) is 8.78. The van der Waals surface area contributed by atoms with E-state index in [4.69, 9.17) is 9.52 Å². The van der Waals surface area contributed by atoms with Crippen molar-refractivity contribution in [1.29, 1.82) is 4.78 Å². The molecule has 1 aliphatic rings. The Balaban J connectivity index is 1.67. The Morgan fingerprint density at radius 1 is 1.43 bits per heavy atom. The monoisotopic (exact) mass is 437 g/mol. The molecule has 1 amide bonds. The van der Waals surface area contributed by atoms with Crippen LogP contribution in [0.2, 0.25) is 0 Å². The first kappa shape index (κ1) is 21.7. The molecular weight excluding hydrogens is 416 g/mol. The summed E-state index contributed by atoms with van der Waals surface area (Å²) in [6.45, 7) is -0.102. The number of halogens is 2. The Hall–Kier alpha value is -3.01. The van der Waals surface area contributed by atoms with Gasteiger partial charge in [0.25, 0.3) is 11.5 Å². The van der Waals surface area contributed by atoms with Gasteiger partial charge in [-0.05, 0) is 42.7 Å². The fraction of sp³-hybridized carbons (Fsp3) is 0.300. The molecule has 1 aromatic carbocycles. The van der Waals surface area contributed by atoms with Gasteiger partial charge in [-0.15, -0.1) is 0 Å². The zero-order chi connectivity index (χ0) is 21.9. The van der Waals surface area contributed by atoms with Crippen molar-refractivity contribution in [3.8, 4) is 5.75 Å². The number of alkyl halides is 1. The summed E-state index contributed by atoms with van der Waals surface area (Å²) in [6, 6.07) is 4.96. The first-order chi connectivity index (χ1) is 14.2. The summed E-state index contributed by atoms with van der Waals surface area (Å²) in [7, 11) is -2.14. The molecule has 1 heterocycles. The summed E-state index contributed by atoms with van der Waals surface area (Å²) in [5.74, 6) is -1.44. The number of nitrogens with one attached hydrogen (secondary N) is 3. The van der Waals surface area contributed by atoms with E-state index in [2.05, 4.69) is 10.3 Å². The van der Waals surface area contributed by atoms with Crippen LogP contribution in [-0.4, -0.2) is 34.9 Å². The van der Waals surface area contributed by atoms with Gasteiger partial charge in [-0.2, -0.15) is 0 Å². The van der Waals surface area contributed by atoms with Gasteiger partial charge < -0.3 is 15.0 Å². The van der Waals surface area contributed by atoms with Crippen LogP contribution in [0, 0.1) is 10.6 Å². The van der Waals surface area contributed by atoms with Crippen molar-refractivity contribution in [2.24, 2.45) is 0 Å². The Labute approximate surface area is 172 Å². The number of pyridine rings is 1. The van der Waals surface area contributed by atoms with E-state index >= 15 is 0 Å². The lowest BCUT2D eigenvalue weighted by molar-refractivity contribution is 0.0956. The largest absolute Gasteiger partial charge is 0.494 e. The highest BCUT2D eigenvalue weighted by molar-refractivity contribution is 7.95. The summed E-state index contributed by atoms with van der Waals surface area (Å²) in [5.41, 5.74) is 0.543. The minimum Gasteiger partial charge on any atom is -0.494 e. The standard InChI is InChI=1S/C20H21F2N3O4S/c1-29-18-6-4-14(11-16(18)22)30(23,28)8-2-7-24-19(26)15-10-12-9-13(21)3-5-17(12)25-20(15)27/h2,4,6,8,10-11,13,23H,3,5,7,9H2,1H3,(H,24,26)(H,25,27)/b8-2+. The maximum Gasteiger partial charge on any atom is 0.261 e. The Bertz CT molecular complexity index is 1160. The lowest BCUT2D eigenvalue weighted by atomic mass is 9.93. The number of aromatic nitrogens is 1. The van der Waals surface area contributed by atoms with Gasteiger partial charge in [0, 0.05) is 24.1 Å². The normalized spacial score (nSPS) is 17.9. The molecule has 2 atom stereocenters. The minimum absolute atomic E-state index is 0.0282. The molecule has 7 nitrogen and oxygen atoms in total. The quantitative estimate of drug-likeness (QED) is 0.645. The van der Waals surface area contributed by atoms with E-state index in [-0.39, 0.29) is 29.2 Å². The van der Waals surface area contributed by atoms with Gasteiger partial charge in [-0.1, -0.05) is 6.08 Å². The average Bonchev–Trinajstić information content (AvgIpc) is 2.70. The third-order valence-electron chi connectivity index (χ3n) is 4.75. The number of rotatable bonds is 6. The first-order valence-electron chi connectivity index (χ1n) is 9.17. The van der Waals surface area contributed by atoms with Crippen molar-refractivity contribution in [3.05, 3.63) is 68.7 Å². The van der Waals surface area contributed by atoms with Crippen LogP contribution in [0.4, 0.5) is 8.78 Å². The predicted octanol–water partition coefficient (Wildman–Crippen LogP) is 2.70. The maximum atomic E-state index is 13.8. The van der Waals surface area contributed by atoms with Crippen LogP contribution in [0.5, 0.6) is 5.75 Å². The van der Waals surface area contributed by atoms with Crippen LogP contribution in [0.3, 0.4) is 0 Å². The van der Waals surface area contributed by atoms with Crippen LogP contribution < -0.4 is 15.6 Å². The molecule has 0 saturated heterocycles. The van der Waals surface area contributed by atoms with E-state index in [0.717, 1.165) is 11.5 Å². The molecule has 0 fully saturated rings. The van der Waals surface area contributed by atoms with Crippen LogP contribution in [-0.2, 0) is 22.6 Å². The molecule has 0 saturated carbocycles. The molecule has 0 bridgehead atoms. The fourth-order valence-electron chi connectivity index (χ4n) is 3.17. The van der Waals surface area contributed by atoms with Gasteiger partial charge in [-0.3, -0.25) is 9.59 Å². The number of aryl methyl sites for hydroxylation is 1. The molecule has 2 unspecified atom stereocenters. The van der Waals surface area contributed by atoms with Gasteiger partial charge in [-0.25, -0.2) is 17.8 Å². The second-order valence-electron chi connectivity index (χ2n) is 6.83. The number of amides is 1. The van der Waals surface area contributed by atoms with Crippen LogP contribution in [0.1, 0.15) is 28.0 Å². The molecule has 30 heavy (non-hydrogen) atoms. The lowest BCUT2D eigenvalue weighted by Gasteiger charge is -2.19. The van der Waals surface area contributed by atoms with E-state index < -0.39 is 33.2 Å². The number of fused-ring (bicyclic) bond motifs is 1. The van der Waals surface area contributed by atoms with E-state index in [1.165, 1.54) is 31.4 Å². The predicted molar refractivity (Wildman–Crippen MR) is 108 cm³/mol. The number of carbonyl (C=O) groups is 1. The zero-order valence-corrected chi connectivity index (χ0v) is 17.0. The highest BCUT2D eigenvalue weighted by Gasteiger charge is 2.21. The van der Waals surface area contributed by atoms with Gasteiger partial charge >= 0.3 is 0 Å². The number of carbonyl (C=O) groups excluding carboxylic acids is 1. The topological polar surface area (TPSA) is 112 Å². The van der Waals surface area contributed by atoms with E-state index in [9.17, 15) is 22.6 Å². The molecule has 160 valence electrons. The first-order valence-corrected chi connectivity index (χ1v) is 10.8. The third-order valence-corrected chi connectivity index (χ3v) is 6.28. The minimum atomic E-state index is -3.43. The highest BCUT2D eigenvalue weighted by Crippen LogP contribution is 2.23. The number of H-pyrrole nitrogens is 1. The number of aromatic amines is 1. The van der Waals surface area contributed by atoms with Crippen LogP contribution in [0.15, 0.2) is 45.4 Å². The number of hydrogen-bond donors (Lipinski definition) is 3. The molecule has 1 aromatic heterocycles. The zero-order valence-electron chi connectivity index (χ0n) is 16.2. The third kappa shape index (κ3) is 4.76. The van der Waals surface area contributed by atoms with Crippen molar-refractivity contribution in [2.45, 2.75) is 30.3 Å². The van der Waals surface area contributed by atoms with Crippen molar-refractivity contribution in [2.75, 3.05) is 13.7 Å². The van der Waals surface area contributed by atoms with Gasteiger partial charge in [0.1, 0.15) is 11.7 Å². The fourth-order valence-corrected chi connectivity index (χ4v) is 4.24. The Morgan fingerprint density at radius 2 is 2.20 bits per heavy atom. The lowest BCUT2D eigenvalue weighted by Crippen LogP contribution is -2.32. The summed E-state index contributed by atoms with van der Waals surface area (Å²) >= 11 is 0. The smallest absolute Gasteiger partial charge is 0.261 e. The summed E-state index contributed by atoms with van der Waals surface area (Å²) in [4.78, 5) is 27.0. The number of hydrogen-bond acceptors (Lipinski definition) is 5. The molecule has 1 aliphatic carbocycles. The molecule has 3 rings (SSSR count). The summed E-state index contributed by atoms with van der Waals surface area (Å²) in [6.07, 6.45) is 1.19. The SMILES string of the molecule is COc1ccc(S(=N)(=O)/C=C/CNC(=O)c2cc3c([nH]c2=O)CCC(F)C3)cc1F. The second kappa shape index (κ2) is 8.78. The highest BCUT2D eigenvalue weighted by atomic mass is 32.2. The Kier molecular flexibility index (Phi) is 6.35. The number of ether oxygens (including phenoxy) is 1. The number of methoxy groups -OCH3 is 1. The summed E-state index contributed by atoms with van der Waals surface area (Å²) < 4.78 is 52.5. The van der Waals surface area contributed by atoms with Gasteiger partial charge in [0.05, 0.1) is 21.7 Å². The number of benzene rings is 1. The molecule has 0 radical (unpaired) electrons.